The first-order chi connectivity index (χ1) is 6.74. The summed E-state index contributed by atoms with van der Waals surface area (Å²) in [4.78, 5) is 0. The highest BCUT2D eigenvalue weighted by atomic mass is 35.5. The third-order valence-electron chi connectivity index (χ3n) is 1.71. The minimum absolute atomic E-state index is 0.751. The molecule has 2 nitrogen and oxygen atoms in total. The fourth-order valence-electron chi connectivity index (χ4n) is 0.980. The van der Waals surface area contributed by atoms with Gasteiger partial charge in [-0.25, -0.2) is 0 Å². The maximum absolute atomic E-state index is 5.83. The maximum Gasteiger partial charge on any atom is 0.0591 e. The number of thioether (sulfide) groups is 1. The van der Waals surface area contributed by atoms with E-state index in [1.54, 1.807) is 11.8 Å². The molecule has 0 radical (unpaired) electrons. The Bertz CT molecular complexity index is 326. The average Bonchev–Trinajstić information content (AvgIpc) is 2.15. The van der Waals surface area contributed by atoms with Crippen LogP contribution in [-0.4, -0.2) is 18.2 Å². The zero-order valence-electron chi connectivity index (χ0n) is 8.25. The number of nitrogens with one attached hydrogen (secondary N) is 1. The molecule has 0 aliphatic rings. The van der Waals surface area contributed by atoms with Crippen LogP contribution < -0.4 is 5.43 Å². The standard InChI is InChI=1S/C10H13ClN2S/c1-8-7-9(11)3-4-10(8)13-12-5-6-14-2/h3-5,7,13H,6H2,1-2H3/b12-5+. The van der Waals surface area contributed by atoms with Crippen molar-refractivity contribution >= 4 is 35.3 Å². The molecule has 1 N–H and O–H groups in total. The molecular weight excluding hydrogens is 216 g/mol. The van der Waals surface area contributed by atoms with Crippen molar-refractivity contribution in [1.29, 1.82) is 0 Å². The van der Waals surface area contributed by atoms with E-state index >= 15 is 0 Å². The second kappa shape index (κ2) is 5.94. The molecular formula is C10H13ClN2S. The number of anilines is 1. The largest absolute Gasteiger partial charge is 0.279 e. The third-order valence-corrected chi connectivity index (χ3v) is 2.42. The molecule has 1 rings (SSSR count). The molecule has 4 heteroatoms. The van der Waals surface area contributed by atoms with Crippen LogP contribution in [0.2, 0.25) is 5.02 Å². The predicted molar refractivity (Wildman–Crippen MR) is 66.7 cm³/mol. The first-order valence-electron chi connectivity index (χ1n) is 4.26. The van der Waals surface area contributed by atoms with E-state index in [1.807, 2.05) is 37.6 Å². The summed E-state index contributed by atoms with van der Waals surface area (Å²) in [5.74, 6) is 0.916. The molecule has 0 amide bonds. The van der Waals surface area contributed by atoms with Crippen molar-refractivity contribution < 1.29 is 0 Å². The summed E-state index contributed by atoms with van der Waals surface area (Å²) in [6.07, 6.45) is 3.89. The number of hydrogen-bond acceptors (Lipinski definition) is 3. The second-order valence-corrected chi connectivity index (χ2v) is 4.19. The molecule has 0 spiro atoms. The predicted octanol–water partition coefficient (Wildman–Crippen LogP) is 3.41. The Kier molecular flexibility index (Phi) is 4.84. The molecule has 14 heavy (non-hydrogen) atoms. The molecule has 0 unspecified atom stereocenters. The summed E-state index contributed by atoms with van der Waals surface area (Å²) in [5.41, 5.74) is 5.06. The van der Waals surface area contributed by atoms with Gasteiger partial charge in [-0.1, -0.05) is 11.6 Å². The molecule has 0 saturated carbocycles. The molecule has 0 bridgehead atoms. The molecule has 0 aliphatic heterocycles. The molecule has 0 saturated heterocycles. The van der Waals surface area contributed by atoms with Gasteiger partial charge in [-0.3, -0.25) is 5.43 Å². The van der Waals surface area contributed by atoms with Crippen LogP contribution in [0.15, 0.2) is 23.3 Å². The second-order valence-electron chi connectivity index (χ2n) is 2.84. The van der Waals surface area contributed by atoms with Crippen LogP contribution in [0.3, 0.4) is 0 Å². The summed E-state index contributed by atoms with van der Waals surface area (Å²) >= 11 is 7.56. The van der Waals surface area contributed by atoms with E-state index in [2.05, 4.69) is 10.5 Å². The fraction of sp³-hybridized carbons (Fsp3) is 0.300. The van der Waals surface area contributed by atoms with E-state index in [-0.39, 0.29) is 0 Å². The molecule has 1 aromatic carbocycles. The number of benzene rings is 1. The normalized spacial score (nSPS) is 10.8. The van der Waals surface area contributed by atoms with Crippen LogP contribution in [0.4, 0.5) is 5.69 Å². The van der Waals surface area contributed by atoms with Gasteiger partial charge >= 0.3 is 0 Å². The molecule has 1 aromatic rings. The zero-order valence-corrected chi connectivity index (χ0v) is 9.82. The van der Waals surface area contributed by atoms with Crippen LogP contribution in [-0.2, 0) is 0 Å². The Morgan fingerprint density at radius 1 is 1.57 bits per heavy atom. The van der Waals surface area contributed by atoms with Crippen molar-refractivity contribution in [2.75, 3.05) is 17.4 Å². The van der Waals surface area contributed by atoms with Gasteiger partial charge in [-0.2, -0.15) is 16.9 Å². The van der Waals surface area contributed by atoms with Gasteiger partial charge in [0, 0.05) is 17.0 Å². The van der Waals surface area contributed by atoms with Gasteiger partial charge in [0.15, 0.2) is 0 Å². The Morgan fingerprint density at radius 3 is 3.00 bits per heavy atom. The van der Waals surface area contributed by atoms with E-state index in [0.717, 1.165) is 22.0 Å². The average molecular weight is 229 g/mol. The number of aryl methyl sites for hydroxylation is 1. The lowest BCUT2D eigenvalue weighted by atomic mass is 10.2. The quantitative estimate of drug-likeness (QED) is 0.631. The minimum atomic E-state index is 0.751. The van der Waals surface area contributed by atoms with Gasteiger partial charge in [0.2, 0.25) is 0 Å². The fourth-order valence-corrected chi connectivity index (χ4v) is 1.43. The zero-order chi connectivity index (χ0) is 10.4. The lowest BCUT2D eigenvalue weighted by Gasteiger charge is -2.04. The van der Waals surface area contributed by atoms with E-state index in [4.69, 9.17) is 11.6 Å². The van der Waals surface area contributed by atoms with Crippen LogP contribution >= 0.6 is 23.4 Å². The lowest BCUT2D eigenvalue weighted by Crippen LogP contribution is -1.92. The highest BCUT2D eigenvalue weighted by Gasteiger charge is 1.96. The smallest absolute Gasteiger partial charge is 0.0591 e. The number of halogens is 1. The summed E-state index contributed by atoms with van der Waals surface area (Å²) in [7, 11) is 0. The topological polar surface area (TPSA) is 24.4 Å². The molecule has 0 aromatic heterocycles. The number of nitrogens with zero attached hydrogens (tertiary/aromatic N) is 1. The molecule has 0 fully saturated rings. The van der Waals surface area contributed by atoms with Gasteiger partial charge in [0.25, 0.3) is 0 Å². The number of hydrogen-bond donors (Lipinski definition) is 1. The van der Waals surface area contributed by atoms with Crippen LogP contribution in [0, 0.1) is 6.92 Å². The molecule has 76 valence electrons. The van der Waals surface area contributed by atoms with E-state index < -0.39 is 0 Å². The maximum atomic E-state index is 5.83. The highest BCUT2D eigenvalue weighted by molar-refractivity contribution is 7.99. The Balaban J connectivity index is 2.59. The molecule has 0 atom stereocenters. The Labute approximate surface area is 93.7 Å². The minimum Gasteiger partial charge on any atom is -0.279 e. The van der Waals surface area contributed by atoms with E-state index in [9.17, 15) is 0 Å². The van der Waals surface area contributed by atoms with E-state index in [0.29, 0.717) is 0 Å². The van der Waals surface area contributed by atoms with Crippen molar-refractivity contribution in [2.45, 2.75) is 6.92 Å². The van der Waals surface area contributed by atoms with Crippen molar-refractivity contribution in [3.8, 4) is 0 Å². The third kappa shape index (κ3) is 3.60. The van der Waals surface area contributed by atoms with Crippen molar-refractivity contribution in [3.05, 3.63) is 28.8 Å². The number of hydrazone groups is 1. The van der Waals surface area contributed by atoms with Gasteiger partial charge in [-0.05, 0) is 36.9 Å². The van der Waals surface area contributed by atoms with Crippen molar-refractivity contribution in [2.24, 2.45) is 5.10 Å². The lowest BCUT2D eigenvalue weighted by molar-refractivity contribution is 1.31. The highest BCUT2D eigenvalue weighted by Crippen LogP contribution is 2.19. The summed E-state index contributed by atoms with van der Waals surface area (Å²) in [6, 6.07) is 5.68. The number of rotatable bonds is 4. The van der Waals surface area contributed by atoms with Crippen LogP contribution in [0.25, 0.3) is 0 Å². The van der Waals surface area contributed by atoms with Gasteiger partial charge in [0.05, 0.1) is 5.69 Å². The molecule has 0 heterocycles. The van der Waals surface area contributed by atoms with Crippen molar-refractivity contribution in [1.82, 2.24) is 0 Å². The van der Waals surface area contributed by atoms with Gasteiger partial charge in [-0.15, -0.1) is 0 Å². The first kappa shape index (κ1) is 11.4. The van der Waals surface area contributed by atoms with Gasteiger partial charge in [0.1, 0.15) is 0 Å². The summed E-state index contributed by atoms with van der Waals surface area (Å²) < 4.78 is 0. The Hall–Kier alpha value is -0.670. The van der Waals surface area contributed by atoms with Crippen LogP contribution in [0.5, 0.6) is 0 Å². The molecule has 0 aliphatic carbocycles. The van der Waals surface area contributed by atoms with Crippen LogP contribution in [0.1, 0.15) is 5.56 Å². The Morgan fingerprint density at radius 2 is 2.36 bits per heavy atom. The SMILES string of the molecule is CSC/C=N/Nc1ccc(Cl)cc1C. The van der Waals surface area contributed by atoms with Crippen molar-refractivity contribution in [3.63, 3.8) is 0 Å². The summed E-state index contributed by atoms with van der Waals surface area (Å²) in [6.45, 7) is 2.00. The van der Waals surface area contributed by atoms with Gasteiger partial charge < -0.3 is 0 Å². The monoisotopic (exact) mass is 228 g/mol. The summed E-state index contributed by atoms with van der Waals surface area (Å²) in [5, 5.41) is 4.83. The first-order valence-corrected chi connectivity index (χ1v) is 6.04. The van der Waals surface area contributed by atoms with E-state index in [1.165, 1.54) is 0 Å².